The van der Waals surface area contributed by atoms with Crippen LogP contribution in [0.3, 0.4) is 0 Å². The first-order chi connectivity index (χ1) is 13.9. The zero-order valence-electron chi connectivity index (χ0n) is 15.2. The van der Waals surface area contributed by atoms with Crippen molar-refractivity contribution in [3.8, 4) is 0 Å². The first-order valence-electron chi connectivity index (χ1n) is 9.80. The predicted octanol–water partition coefficient (Wildman–Crippen LogP) is 7.56. The Balaban J connectivity index is 1.75. The zero-order chi connectivity index (χ0) is 18.2. The summed E-state index contributed by atoms with van der Waals surface area (Å²) in [7, 11) is 0. The number of hydrogen-bond donors (Lipinski definition) is 0. The van der Waals surface area contributed by atoms with E-state index in [4.69, 9.17) is 0 Å². The van der Waals surface area contributed by atoms with Crippen LogP contribution in [0.2, 0.25) is 0 Å². The van der Waals surface area contributed by atoms with Crippen molar-refractivity contribution in [3.63, 3.8) is 0 Å². The summed E-state index contributed by atoms with van der Waals surface area (Å²) in [6.07, 6.45) is 11.1. The average Bonchev–Trinajstić information content (AvgIpc) is 3.35. The Hall–Kier alpha value is -3.64. The minimum Gasteiger partial charge on any atom is -0.0610 e. The summed E-state index contributed by atoms with van der Waals surface area (Å²) in [6.45, 7) is 0. The van der Waals surface area contributed by atoms with Gasteiger partial charge in [-0.05, 0) is 65.4 Å². The molecule has 0 bridgehead atoms. The van der Waals surface area contributed by atoms with Gasteiger partial charge in [0, 0.05) is 0 Å². The van der Waals surface area contributed by atoms with Gasteiger partial charge in [0.25, 0.3) is 0 Å². The molecule has 0 aromatic heterocycles. The molecule has 0 nitrogen and oxygen atoms in total. The fourth-order valence-electron chi connectivity index (χ4n) is 5.20. The Labute approximate surface area is 162 Å². The molecule has 0 heteroatoms. The van der Waals surface area contributed by atoms with E-state index in [-0.39, 0.29) is 0 Å². The minimum absolute atomic E-state index is 1.31. The molecule has 0 heterocycles. The maximum atomic E-state index is 2.32. The molecule has 2 aliphatic rings. The Kier molecular flexibility index (Phi) is 2.57. The molecule has 0 N–H and O–H groups in total. The van der Waals surface area contributed by atoms with E-state index >= 15 is 0 Å². The second-order valence-electron chi connectivity index (χ2n) is 7.74. The second-order valence-corrected chi connectivity index (χ2v) is 7.74. The molecule has 2 aliphatic carbocycles. The number of allylic oxidation sites excluding steroid dienone is 8. The number of rotatable bonds is 1. The van der Waals surface area contributed by atoms with Gasteiger partial charge in [-0.25, -0.2) is 0 Å². The van der Waals surface area contributed by atoms with E-state index < -0.39 is 0 Å². The van der Waals surface area contributed by atoms with Crippen LogP contribution in [0, 0.1) is 0 Å². The van der Waals surface area contributed by atoms with Crippen molar-refractivity contribution >= 4 is 48.7 Å². The standard InChI is InChI=1S/C28H16/c1-5-17-13-15-21(20(17)9-1)24-16-14-19-8-3-11-23-22-10-2-6-18-7-4-12-25(26(18)22)28(24)27(19)23/h1-16H. The normalized spacial score (nSPS) is 15.6. The lowest BCUT2D eigenvalue weighted by Gasteiger charge is -2.18. The molecule has 7 rings (SSSR count). The second kappa shape index (κ2) is 4.99. The summed E-state index contributed by atoms with van der Waals surface area (Å²) in [5, 5.41) is 10.8. The molecule has 0 atom stereocenters. The summed E-state index contributed by atoms with van der Waals surface area (Å²) in [5.74, 6) is 0. The van der Waals surface area contributed by atoms with Crippen molar-refractivity contribution in [2.75, 3.05) is 0 Å². The van der Waals surface area contributed by atoms with Crippen LogP contribution in [0.5, 0.6) is 0 Å². The van der Waals surface area contributed by atoms with Crippen LogP contribution < -0.4 is 0 Å². The van der Waals surface area contributed by atoms with Gasteiger partial charge in [-0.2, -0.15) is 0 Å². The molecule has 0 spiro atoms. The van der Waals surface area contributed by atoms with E-state index in [1.807, 2.05) is 0 Å². The molecule has 0 aliphatic heterocycles. The summed E-state index contributed by atoms with van der Waals surface area (Å²) in [5.41, 5.74) is 5.34. The van der Waals surface area contributed by atoms with E-state index in [9.17, 15) is 0 Å². The molecule has 0 fully saturated rings. The molecule has 0 amide bonds. The van der Waals surface area contributed by atoms with Gasteiger partial charge < -0.3 is 0 Å². The lowest BCUT2D eigenvalue weighted by Crippen LogP contribution is -1.93. The maximum Gasteiger partial charge on any atom is -0.00139 e. The fraction of sp³-hybridized carbons (Fsp3) is 0. The highest BCUT2D eigenvalue weighted by Gasteiger charge is 2.22. The van der Waals surface area contributed by atoms with Crippen LogP contribution in [-0.4, -0.2) is 0 Å². The lowest BCUT2D eigenvalue weighted by atomic mass is 9.85. The van der Waals surface area contributed by atoms with E-state index in [1.165, 1.54) is 65.4 Å². The van der Waals surface area contributed by atoms with Crippen LogP contribution in [0.15, 0.2) is 108 Å². The van der Waals surface area contributed by atoms with Crippen molar-refractivity contribution in [2.45, 2.75) is 0 Å². The summed E-state index contributed by atoms with van der Waals surface area (Å²) >= 11 is 0. The average molecular weight is 352 g/mol. The molecule has 0 radical (unpaired) electrons. The molecular weight excluding hydrogens is 336 g/mol. The van der Waals surface area contributed by atoms with Gasteiger partial charge in [0.15, 0.2) is 0 Å². The van der Waals surface area contributed by atoms with E-state index in [2.05, 4.69) is 97.1 Å². The van der Waals surface area contributed by atoms with Gasteiger partial charge in [0.2, 0.25) is 0 Å². The Morgan fingerprint density at radius 2 is 1.18 bits per heavy atom. The molecule has 5 aromatic carbocycles. The Morgan fingerprint density at radius 1 is 0.464 bits per heavy atom. The number of benzene rings is 5. The molecular formula is C28H16. The molecule has 128 valence electrons. The van der Waals surface area contributed by atoms with Gasteiger partial charge in [-0.3, -0.25) is 0 Å². The van der Waals surface area contributed by atoms with Crippen molar-refractivity contribution in [3.05, 3.63) is 114 Å². The SMILES string of the molecule is C1=CC2=CC=C(c3ccc4cccc5c6cccc7cccc(c3c45)c76)C2=C1. The maximum absolute atomic E-state index is 2.32. The highest BCUT2D eigenvalue weighted by Crippen LogP contribution is 2.46. The zero-order valence-corrected chi connectivity index (χ0v) is 15.2. The van der Waals surface area contributed by atoms with Gasteiger partial charge in [0.05, 0.1) is 0 Å². The highest BCUT2D eigenvalue weighted by molar-refractivity contribution is 6.34. The summed E-state index contributed by atoms with van der Waals surface area (Å²) in [4.78, 5) is 0. The fourth-order valence-corrected chi connectivity index (χ4v) is 5.20. The van der Waals surface area contributed by atoms with Crippen LogP contribution in [0.1, 0.15) is 5.56 Å². The Morgan fingerprint density at radius 3 is 2.00 bits per heavy atom. The van der Waals surface area contributed by atoms with Crippen LogP contribution >= 0.6 is 0 Å². The van der Waals surface area contributed by atoms with E-state index in [1.54, 1.807) is 0 Å². The first kappa shape index (κ1) is 14.4. The molecule has 0 saturated heterocycles. The molecule has 28 heavy (non-hydrogen) atoms. The van der Waals surface area contributed by atoms with Gasteiger partial charge >= 0.3 is 0 Å². The van der Waals surface area contributed by atoms with E-state index in [0.29, 0.717) is 0 Å². The summed E-state index contributed by atoms with van der Waals surface area (Å²) in [6, 6.07) is 24.7. The molecule has 0 unspecified atom stereocenters. The first-order valence-corrected chi connectivity index (χ1v) is 9.80. The lowest BCUT2D eigenvalue weighted by molar-refractivity contribution is 1.65. The third-order valence-corrected chi connectivity index (χ3v) is 6.37. The topological polar surface area (TPSA) is 0 Å². The van der Waals surface area contributed by atoms with Gasteiger partial charge in [0.1, 0.15) is 0 Å². The van der Waals surface area contributed by atoms with Crippen molar-refractivity contribution < 1.29 is 0 Å². The number of fused-ring (bicyclic) bond motifs is 3. The smallest absolute Gasteiger partial charge is 0.00139 e. The van der Waals surface area contributed by atoms with Crippen molar-refractivity contribution in [1.29, 1.82) is 0 Å². The monoisotopic (exact) mass is 352 g/mol. The third-order valence-electron chi connectivity index (χ3n) is 6.37. The number of hydrogen-bond acceptors (Lipinski definition) is 0. The third kappa shape index (κ3) is 1.66. The summed E-state index contributed by atoms with van der Waals surface area (Å²) < 4.78 is 0. The van der Waals surface area contributed by atoms with Crippen LogP contribution in [0.25, 0.3) is 48.7 Å². The Bertz CT molecular complexity index is 1580. The largest absolute Gasteiger partial charge is 0.0610 e. The van der Waals surface area contributed by atoms with E-state index in [0.717, 1.165) is 0 Å². The van der Waals surface area contributed by atoms with Gasteiger partial charge in [-0.15, -0.1) is 0 Å². The van der Waals surface area contributed by atoms with Crippen molar-refractivity contribution in [1.82, 2.24) is 0 Å². The highest BCUT2D eigenvalue weighted by atomic mass is 14.2. The van der Waals surface area contributed by atoms with Crippen LogP contribution in [0.4, 0.5) is 0 Å². The molecule has 0 saturated carbocycles. The molecule has 5 aromatic rings. The van der Waals surface area contributed by atoms with Gasteiger partial charge in [-0.1, -0.05) is 97.1 Å². The van der Waals surface area contributed by atoms with Crippen LogP contribution in [-0.2, 0) is 0 Å². The predicted molar refractivity (Wildman–Crippen MR) is 121 cm³/mol. The van der Waals surface area contributed by atoms with Crippen molar-refractivity contribution in [2.24, 2.45) is 0 Å². The quantitative estimate of drug-likeness (QED) is 0.216. The minimum atomic E-state index is 1.31.